The lowest BCUT2D eigenvalue weighted by atomic mass is 9.73. The van der Waals surface area contributed by atoms with E-state index in [1.807, 2.05) is 5.32 Å². The SMILES string of the molecule is CC1(C)[C@@H]2[C@@H](C=O)N(C[C@@](C=O)(NC(=O)C(F)(F)F)C(C)(C)C)C[C@@H]21. The van der Waals surface area contributed by atoms with Crippen molar-refractivity contribution in [3.8, 4) is 0 Å². The molecule has 8 heteroatoms. The molecular weight excluding hydrogens is 337 g/mol. The van der Waals surface area contributed by atoms with Crippen molar-refractivity contribution in [2.75, 3.05) is 13.1 Å². The van der Waals surface area contributed by atoms with Gasteiger partial charge in [-0.3, -0.25) is 9.69 Å². The van der Waals surface area contributed by atoms with Crippen molar-refractivity contribution in [1.82, 2.24) is 10.2 Å². The van der Waals surface area contributed by atoms with Gasteiger partial charge in [0.25, 0.3) is 0 Å². The topological polar surface area (TPSA) is 66.5 Å². The molecule has 0 spiro atoms. The van der Waals surface area contributed by atoms with Crippen LogP contribution in [0.2, 0.25) is 0 Å². The number of likely N-dealkylation sites (tertiary alicyclic amines) is 1. The van der Waals surface area contributed by atoms with Gasteiger partial charge in [-0.1, -0.05) is 34.6 Å². The molecule has 0 radical (unpaired) electrons. The van der Waals surface area contributed by atoms with E-state index in [0.717, 1.165) is 6.29 Å². The molecule has 1 heterocycles. The first kappa shape index (κ1) is 19.9. The van der Waals surface area contributed by atoms with Crippen molar-refractivity contribution in [2.45, 2.75) is 52.4 Å². The zero-order valence-corrected chi connectivity index (χ0v) is 15.1. The van der Waals surface area contributed by atoms with Crippen LogP contribution >= 0.6 is 0 Å². The molecule has 0 aromatic rings. The fourth-order valence-corrected chi connectivity index (χ4v) is 4.06. The number of hydrogen-bond donors (Lipinski definition) is 1. The maximum Gasteiger partial charge on any atom is 0.471 e. The number of halogens is 3. The Bertz CT molecular complexity index is 583. The average molecular weight is 362 g/mol. The van der Waals surface area contributed by atoms with Crippen LogP contribution in [0.15, 0.2) is 0 Å². The third-order valence-electron chi connectivity index (χ3n) is 6.09. The Balaban J connectivity index is 2.28. The predicted molar refractivity (Wildman–Crippen MR) is 84.6 cm³/mol. The number of nitrogens with one attached hydrogen (secondary N) is 1. The molecule has 2 rings (SSSR count). The molecule has 4 atom stereocenters. The van der Waals surface area contributed by atoms with Gasteiger partial charge >= 0.3 is 12.1 Å². The normalized spacial score (nSPS) is 31.0. The summed E-state index contributed by atoms with van der Waals surface area (Å²) in [5, 5.41) is 1.89. The van der Waals surface area contributed by atoms with Gasteiger partial charge in [0.05, 0.1) is 6.04 Å². The molecule has 1 amide bonds. The van der Waals surface area contributed by atoms with E-state index in [2.05, 4.69) is 13.8 Å². The standard InChI is InChI=1S/C17H25F3N2O3/c1-14(2,3)16(9-24,21-13(25)17(18,19)20)8-22-6-10-12(11(22)7-23)15(10,4)5/h7,9-12H,6,8H2,1-5H3,(H,21,25)/t10-,11+,12-,16-/m0/s1. The number of carbonyl (C=O) groups is 3. The molecule has 2 fully saturated rings. The van der Waals surface area contributed by atoms with Crippen molar-refractivity contribution in [3.05, 3.63) is 0 Å². The van der Waals surface area contributed by atoms with Gasteiger partial charge in [-0.05, 0) is 22.7 Å². The maximum atomic E-state index is 12.7. The molecule has 1 aliphatic heterocycles. The molecule has 1 saturated carbocycles. The first-order chi connectivity index (χ1) is 11.2. The molecule has 0 bridgehead atoms. The molecule has 142 valence electrons. The summed E-state index contributed by atoms with van der Waals surface area (Å²) in [6, 6.07) is -0.454. The summed E-state index contributed by atoms with van der Waals surface area (Å²) in [6.45, 7) is 9.28. The Kier molecular flexibility index (Phi) is 4.60. The van der Waals surface area contributed by atoms with Gasteiger partial charge in [0.2, 0.25) is 0 Å². The summed E-state index contributed by atoms with van der Waals surface area (Å²) in [5.74, 6) is -1.75. The van der Waals surface area contributed by atoms with Crippen LogP contribution in [-0.2, 0) is 14.4 Å². The number of piperidine rings is 1. The van der Waals surface area contributed by atoms with Crippen molar-refractivity contribution in [1.29, 1.82) is 0 Å². The van der Waals surface area contributed by atoms with Crippen LogP contribution in [0.3, 0.4) is 0 Å². The van der Waals surface area contributed by atoms with E-state index in [0.29, 0.717) is 12.8 Å². The molecule has 1 aliphatic carbocycles. The number of rotatable bonds is 5. The van der Waals surface area contributed by atoms with Gasteiger partial charge < -0.3 is 14.9 Å². The largest absolute Gasteiger partial charge is 0.471 e. The first-order valence-electron chi connectivity index (χ1n) is 8.26. The van der Waals surface area contributed by atoms with Crippen LogP contribution in [0.5, 0.6) is 0 Å². The van der Waals surface area contributed by atoms with E-state index in [1.54, 1.807) is 25.7 Å². The summed E-state index contributed by atoms with van der Waals surface area (Å²) in [5.41, 5.74) is -2.70. The number of hydrogen-bond acceptors (Lipinski definition) is 4. The zero-order valence-electron chi connectivity index (χ0n) is 15.1. The van der Waals surface area contributed by atoms with Gasteiger partial charge in [-0.25, -0.2) is 0 Å². The van der Waals surface area contributed by atoms with E-state index in [-0.39, 0.29) is 23.8 Å². The smallest absolute Gasteiger partial charge is 0.334 e. The van der Waals surface area contributed by atoms with Crippen molar-refractivity contribution in [2.24, 2.45) is 22.7 Å². The number of fused-ring (bicyclic) bond motifs is 1. The van der Waals surface area contributed by atoms with Gasteiger partial charge in [-0.15, -0.1) is 0 Å². The second-order valence-electron chi connectivity index (χ2n) is 8.80. The maximum absolute atomic E-state index is 12.7. The molecule has 5 nitrogen and oxygen atoms in total. The van der Waals surface area contributed by atoms with Gasteiger partial charge in [0, 0.05) is 13.1 Å². The third kappa shape index (κ3) is 3.20. The molecule has 1 saturated heterocycles. The first-order valence-corrected chi connectivity index (χ1v) is 8.26. The minimum absolute atomic E-state index is 0.0167. The Morgan fingerprint density at radius 1 is 1.24 bits per heavy atom. The Morgan fingerprint density at radius 2 is 1.80 bits per heavy atom. The van der Waals surface area contributed by atoms with E-state index in [9.17, 15) is 27.6 Å². The van der Waals surface area contributed by atoms with Crippen molar-refractivity contribution < 1.29 is 27.6 Å². The minimum Gasteiger partial charge on any atom is -0.334 e. The fraction of sp³-hybridized carbons (Fsp3) is 0.824. The number of aldehydes is 2. The highest BCUT2D eigenvalue weighted by Gasteiger charge is 2.67. The van der Waals surface area contributed by atoms with Crippen molar-refractivity contribution in [3.63, 3.8) is 0 Å². The second-order valence-corrected chi connectivity index (χ2v) is 8.80. The average Bonchev–Trinajstić information content (AvgIpc) is 2.82. The molecule has 2 aliphatic rings. The Labute approximate surface area is 145 Å². The van der Waals surface area contributed by atoms with Crippen LogP contribution in [-0.4, -0.2) is 54.2 Å². The fourth-order valence-electron chi connectivity index (χ4n) is 4.06. The van der Waals surface area contributed by atoms with Crippen LogP contribution in [0.1, 0.15) is 34.6 Å². The highest BCUT2D eigenvalue weighted by Crippen LogP contribution is 2.64. The van der Waals surface area contributed by atoms with Crippen LogP contribution in [0, 0.1) is 22.7 Å². The number of amides is 1. The summed E-state index contributed by atoms with van der Waals surface area (Å²) in [7, 11) is 0. The van der Waals surface area contributed by atoms with Gasteiger partial charge in [0.15, 0.2) is 0 Å². The lowest BCUT2D eigenvalue weighted by molar-refractivity contribution is -0.177. The van der Waals surface area contributed by atoms with Gasteiger partial charge in [0.1, 0.15) is 18.1 Å². The molecule has 25 heavy (non-hydrogen) atoms. The summed E-state index contributed by atoms with van der Waals surface area (Å²) in [6.07, 6.45) is -3.92. The summed E-state index contributed by atoms with van der Waals surface area (Å²) in [4.78, 5) is 36.6. The number of carbonyl (C=O) groups excluding carboxylic acids is 3. The molecular formula is C17H25F3N2O3. The van der Waals surface area contributed by atoms with Crippen LogP contribution < -0.4 is 5.32 Å². The highest BCUT2D eigenvalue weighted by molar-refractivity contribution is 5.86. The lowest BCUT2D eigenvalue weighted by Gasteiger charge is -2.44. The lowest BCUT2D eigenvalue weighted by Crippen LogP contribution is -2.66. The van der Waals surface area contributed by atoms with E-state index in [1.165, 1.54) is 0 Å². The molecule has 0 aromatic heterocycles. The minimum atomic E-state index is -5.08. The van der Waals surface area contributed by atoms with Crippen LogP contribution in [0.4, 0.5) is 13.2 Å². The van der Waals surface area contributed by atoms with Gasteiger partial charge in [-0.2, -0.15) is 13.2 Å². The second kappa shape index (κ2) is 5.79. The molecule has 0 aromatic carbocycles. The number of alkyl halides is 3. The monoisotopic (exact) mass is 362 g/mol. The Morgan fingerprint density at radius 3 is 2.20 bits per heavy atom. The third-order valence-corrected chi connectivity index (χ3v) is 6.09. The Hall–Kier alpha value is -1.44. The summed E-state index contributed by atoms with van der Waals surface area (Å²) < 4.78 is 38.2. The number of nitrogens with zero attached hydrogens (tertiary/aromatic N) is 1. The summed E-state index contributed by atoms with van der Waals surface area (Å²) >= 11 is 0. The van der Waals surface area contributed by atoms with E-state index in [4.69, 9.17) is 0 Å². The van der Waals surface area contributed by atoms with E-state index >= 15 is 0 Å². The predicted octanol–water partition coefficient (Wildman–Crippen LogP) is 1.80. The van der Waals surface area contributed by atoms with Crippen molar-refractivity contribution >= 4 is 18.5 Å². The quantitative estimate of drug-likeness (QED) is 0.758. The molecule has 0 unspecified atom stereocenters. The van der Waals surface area contributed by atoms with E-state index < -0.39 is 29.1 Å². The highest BCUT2D eigenvalue weighted by atomic mass is 19.4. The van der Waals surface area contributed by atoms with Crippen LogP contribution in [0.25, 0.3) is 0 Å². The zero-order chi connectivity index (χ0) is 19.4. The molecule has 1 N–H and O–H groups in total.